The molecule has 0 aliphatic carbocycles. The average molecular weight is 308 g/mol. The van der Waals surface area contributed by atoms with Gasteiger partial charge in [-0.3, -0.25) is 0 Å². The van der Waals surface area contributed by atoms with Gasteiger partial charge < -0.3 is 15.2 Å². The van der Waals surface area contributed by atoms with Crippen molar-refractivity contribution < 1.29 is 18.3 Å². The molecule has 2 rings (SSSR count). The molecule has 0 fully saturated rings. The van der Waals surface area contributed by atoms with Crippen LogP contribution in [0.15, 0.2) is 47.4 Å². The Kier molecular flexibility index (Phi) is 4.35. The first kappa shape index (κ1) is 15.1. The first-order valence-electron chi connectivity index (χ1n) is 6.13. The zero-order chi connectivity index (χ0) is 15.5. The Bertz CT molecular complexity index is 727. The molecule has 0 saturated heterocycles. The van der Waals surface area contributed by atoms with Gasteiger partial charge >= 0.3 is 0 Å². The molecule has 2 aromatic rings. The van der Waals surface area contributed by atoms with Gasteiger partial charge in [0.15, 0.2) is 0 Å². The number of nitrogens with two attached hydrogens (primary N) is 1. The SMILES string of the molecule is COc1ccc(NCc2ccc(O)cc2)cc1S(N)(=O)=O. The molecular weight excluding hydrogens is 292 g/mol. The molecule has 0 aromatic heterocycles. The van der Waals surface area contributed by atoms with Crippen LogP contribution in [0.4, 0.5) is 5.69 Å². The van der Waals surface area contributed by atoms with Crippen LogP contribution >= 0.6 is 0 Å². The highest BCUT2D eigenvalue weighted by Gasteiger charge is 2.15. The first-order chi connectivity index (χ1) is 9.90. The molecule has 0 radical (unpaired) electrons. The fourth-order valence-electron chi connectivity index (χ4n) is 1.83. The fourth-order valence-corrected chi connectivity index (χ4v) is 2.55. The van der Waals surface area contributed by atoms with E-state index in [1.165, 1.54) is 13.2 Å². The predicted molar refractivity (Wildman–Crippen MR) is 79.8 cm³/mol. The van der Waals surface area contributed by atoms with Gasteiger partial charge in [0.2, 0.25) is 10.0 Å². The number of aromatic hydroxyl groups is 1. The summed E-state index contributed by atoms with van der Waals surface area (Å²) in [5.41, 5.74) is 1.55. The van der Waals surface area contributed by atoms with Crippen LogP contribution in [-0.2, 0) is 16.6 Å². The lowest BCUT2D eigenvalue weighted by atomic mass is 10.2. The maximum Gasteiger partial charge on any atom is 0.241 e. The van der Waals surface area contributed by atoms with Crippen molar-refractivity contribution in [1.29, 1.82) is 0 Å². The van der Waals surface area contributed by atoms with Crippen molar-refractivity contribution in [1.82, 2.24) is 0 Å². The summed E-state index contributed by atoms with van der Waals surface area (Å²) in [6, 6.07) is 11.4. The van der Waals surface area contributed by atoms with E-state index in [1.54, 1.807) is 36.4 Å². The van der Waals surface area contributed by atoms with Gasteiger partial charge in [-0.2, -0.15) is 0 Å². The largest absolute Gasteiger partial charge is 0.508 e. The van der Waals surface area contributed by atoms with Gasteiger partial charge in [0.25, 0.3) is 0 Å². The van der Waals surface area contributed by atoms with E-state index in [1.807, 2.05) is 0 Å². The number of nitrogens with one attached hydrogen (secondary N) is 1. The summed E-state index contributed by atoms with van der Waals surface area (Å²) >= 11 is 0. The second-order valence-corrected chi connectivity index (χ2v) is 5.96. The minimum Gasteiger partial charge on any atom is -0.508 e. The number of rotatable bonds is 5. The topological polar surface area (TPSA) is 102 Å². The number of hydrogen-bond acceptors (Lipinski definition) is 5. The number of phenolic OH excluding ortho intramolecular Hbond substituents is 1. The van der Waals surface area contributed by atoms with E-state index in [2.05, 4.69) is 5.32 Å². The average Bonchev–Trinajstić information content (AvgIpc) is 2.45. The number of sulfonamides is 1. The summed E-state index contributed by atoms with van der Waals surface area (Å²) in [6.45, 7) is 0.483. The molecular formula is C14H16N2O4S. The first-order valence-corrected chi connectivity index (χ1v) is 7.67. The lowest BCUT2D eigenvalue weighted by Gasteiger charge is -2.11. The van der Waals surface area contributed by atoms with Crippen molar-refractivity contribution in [3.05, 3.63) is 48.0 Å². The predicted octanol–water partition coefficient (Wildman–Crippen LogP) is 1.66. The monoisotopic (exact) mass is 308 g/mol. The van der Waals surface area contributed by atoms with Crippen molar-refractivity contribution in [2.75, 3.05) is 12.4 Å². The summed E-state index contributed by atoms with van der Waals surface area (Å²) in [5, 5.41) is 17.5. The van der Waals surface area contributed by atoms with Crippen molar-refractivity contribution in [2.24, 2.45) is 5.14 Å². The van der Waals surface area contributed by atoms with E-state index in [4.69, 9.17) is 9.88 Å². The number of ether oxygens (including phenoxy) is 1. The van der Waals surface area contributed by atoms with Crippen molar-refractivity contribution in [3.63, 3.8) is 0 Å². The highest BCUT2D eigenvalue weighted by Crippen LogP contribution is 2.26. The van der Waals surface area contributed by atoms with E-state index >= 15 is 0 Å². The van der Waals surface area contributed by atoms with Gasteiger partial charge in [0.05, 0.1) is 7.11 Å². The fraction of sp³-hybridized carbons (Fsp3) is 0.143. The van der Waals surface area contributed by atoms with Crippen molar-refractivity contribution in [3.8, 4) is 11.5 Å². The molecule has 0 amide bonds. The van der Waals surface area contributed by atoms with Crippen LogP contribution in [0.3, 0.4) is 0 Å². The van der Waals surface area contributed by atoms with E-state index in [0.29, 0.717) is 12.2 Å². The summed E-state index contributed by atoms with van der Waals surface area (Å²) in [6.07, 6.45) is 0. The van der Waals surface area contributed by atoms with Crippen LogP contribution in [0, 0.1) is 0 Å². The number of benzene rings is 2. The normalized spacial score (nSPS) is 11.1. The molecule has 0 heterocycles. The smallest absolute Gasteiger partial charge is 0.241 e. The molecule has 0 spiro atoms. The van der Waals surface area contributed by atoms with E-state index < -0.39 is 10.0 Å². The van der Waals surface area contributed by atoms with Crippen molar-refractivity contribution in [2.45, 2.75) is 11.4 Å². The van der Waals surface area contributed by atoms with Crippen LogP contribution < -0.4 is 15.2 Å². The van der Waals surface area contributed by atoms with E-state index in [0.717, 1.165) is 5.56 Å². The second kappa shape index (κ2) is 6.02. The van der Waals surface area contributed by atoms with Gasteiger partial charge in [0.1, 0.15) is 16.4 Å². The van der Waals surface area contributed by atoms with Gasteiger partial charge in [-0.1, -0.05) is 12.1 Å². The Morgan fingerprint density at radius 1 is 1.19 bits per heavy atom. The number of phenols is 1. The molecule has 0 saturated carbocycles. The highest BCUT2D eigenvalue weighted by atomic mass is 32.2. The maximum absolute atomic E-state index is 11.5. The van der Waals surface area contributed by atoms with Crippen LogP contribution in [0.2, 0.25) is 0 Å². The Balaban J connectivity index is 2.19. The molecule has 6 nitrogen and oxygen atoms in total. The quantitative estimate of drug-likeness (QED) is 0.779. The zero-order valence-corrected chi connectivity index (χ0v) is 12.2. The third kappa shape index (κ3) is 3.87. The number of methoxy groups -OCH3 is 1. The molecule has 0 aliphatic rings. The molecule has 2 aromatic carbocycles. The molecule has 112 valence electrons. The number of primary sulfonamides is 1. The molecule has 0 unspecified atom stereocenters. The number of anilines is 1. The Morgan fingerprint density at radius 3 is 2.43 bits per heavy atom. The Hall–Kier alpha value is -2.25. The van der Waals surface area contributed by atoms with Crippen molar-refractivity contribution >= 4 is 15.7 Å². The van der Waals surface area contributed by atoms with Crippen LogP contribution in [0.1, 0.15) is 5.56 Å². The summed E-state index contributed by atoms with van der Waals surface area (Å²) in [4.78, 5) is -0.0688. The third-order valence-corrected chi connectivity index (χ3v) is 3.84. The molecule has 0 bridgehead atoms. The standard InChI is InChI=1S/C14H16N2O4S/c1-20-13-7-4-11(8-14(13)21(15,18)19)16-9-10-2-5-12(17)6-3-10/h2-8,16-17H,9H2,1H3,(H2,15,18,19). The second-order valence-electron chi connectivity index (χ2n) is 4.43. The molecule has 0 atom stereocenters. The van der Waals surface area contributed by atoms with Crippen LogP contribution in [0.5, 0.6) is 11.5 Å². The Morgan fingerprint density at radius 2 is 1.86 bits per heavy atom. The minimum atomic E-state index is -3.85. The Labute approximate surface area is 123 Å². The van der Waals surface area contributed by atoms with Gasteiger partial charge in [0, 0.05) is 12.2 Å². The lowest BCUT2D eigenvalue weighted by molar-refractivity contribution is 0.403. The number of hydrogen-bond donors (Lipinski definition) is 3. The van der Waals surface area contributed by atoms with E-state index in [9.17, 15) is 13.5 Å². The van der Waals surface area contributed by atoms with Crippen LogP contribution in [-0.4, -0.2) is 20.6 Å². The zero-order valence-electron chi connectivity index (χ0n) is 11.4. The molecule has 21 heavy (non-hydrogen) atoms. The van der Waals surface area contributed by atoms with Gasteiger partial charge in [-0.25, -0.2) is 13.6 Å². The lowest BCUT2D eigenvalue weighted by Crippen LogP contribution is -2.14. The summed E-state index contributed by atoms with van der Waals surface area (Å²) < 4.78 is 28.0. The maximum atomic E-state index is 11.5. The third-order valence-electron chi connectivity index (χ3n) is 2.90. The molecule has 7 heteroatoms. The van der Waals surface area contributed by atoms with Crippen LogP contribution in [0.25, 0.3) is 0 Å². The van der Waals surface area contributed by atoms with Gasteiger partial charge in [-0.15, -0.1) is 0 Å². The molecule has 4 N–H and O–H groups in total. The van der Waals surface area contributed by atoms with Gasteiger partial charge in [-0.05, 0) is 35.9 Å². The molecule has 0 aliphatic heterocycles. The highest BCUT2D eigenvalue weighted by molar-refractivity contribution is 7.89. The summed E-state index contributed by atoms with van der Waals surface area (Å²) in [7, 11) is -2.47. The summed E-state index contributed by atoms with van der Waals surface area (Å²) in [5.74, 6) is 0.396. The minimum absolute atomic E-state index is 0.0688. The van der Waals surface area contributed by atoms with E-state index in [-0.39, 0.29) is 16.4 Å².